The zero-order valence-corrected chi connectivity index (χ0v) is 18.1. The Balaban J connectivity index is 2.10. The van der Waals surface area contributed by atoms with E-state index in [1.807, 2.05) is 30.5 Å². The van der Waals surface area contributed by atoms with Crippen molar-refractivity contribution in [2.24, 2.45) is 0 Å². The largest absolute Gasteiger partial charge is 0.495 e. The highest BCUT2D eigenvalue weighted by Gasteiger charge is 2.38. The van der Waals surface area contributed by atoms with Gasteiger partial charge in [0.1, 0.15) is 5.75 Å². The lowest BCUT2D eigenvalue weighted by Gasteiger charge is -2.19. The number of thioether (sulfide) groups is 1. The molecule has 0 saturated carbocycles. The highest BCUT2D eigenvalue weighted by atomic mass is 35.5. The van der Waals surface area contributed by atoms with Crippen LogP contribution in [0.4, 0.5) is 5.69 Å². The lowest BCUT2D eigenvalue weighted by Crippen LogP contribution is -2.24. The standard InChI is InChI=1S/C22H20ClNO4S/c1-13-20(22(26)28-3)17(11-14-5-8-16(29-4)9-6-14)21(25)24(13)15-7-10-19(27-2)18(23)12-15/h5-12H,1-4H3. The van der Waals surface area contributed by atoms with Crippen molar-refractivity contribution >= 4 is 47.0 Å². The lowest BCUT2D eigenvalue weighted by molar-refractivity contribution is -0.136. The van der Waals surface area contributed by atoms with Crippen LogP contribution in [-0.2, 0) is 14.3 Å². The molecule has 3 rings (SSSR count). The number of hydrogen-bond acceptors (Lipinski definition) is 5. The molecule has 150 valence electrons. The number of allylic oxidation sites excluding steroid dienone is 1. The Kier molecular flexibility index (Phi) is 6.35. The Bertz CT molecular complexity index is 1030. The van der Waals surface area contributed by atoms with Gasteiger partial charge in [-0.3, -0.25) is 9.69 Å². The topological polar surface area (TPSA) is 55.8 Å². The van der Waals surface area contributed by atoms with E-state index in [1.165, 1.54) is 19.1 Å². The van der Waals surface area contributed by atoms with Crippen molar-refractivity contribution in [3.05, 3.63) is 69.9 Å². The average Bonchev–Trinajstić information content (AvgIpc) is 2.97. The minimum atomic E-state index is -0.565. The lowest BCUT2D eigenvalue weighted by atomic mass is 10.0. The van der Waals surface area contributed by atoms with Gasteiger partial charge in [0.15, 0.2) is 0 Å². The van der Waals surface area contributed by atoms with Gasteiger partial charge in [-0.05, 0) is 55.2 Å². The first kappa shape index (κ1) is 21.0. The fourth-order valence-corrected chi connectivity index (χ4v) is 3.81. The molecule has 0 bridgehead atoms. The molecule has 0 saturated heterocycles. The molecule has 0 N–H and O–H groups in total. The minimum absolute atomic E-state index is 0.235. The number of anilines is 1. The normalized spacial score (nSPS) is 15.3. The van der Waals surface area contributed by atoms with Crippen molar-refractivity contribution in [1.29, 1.82) is 0 Å². The maximum atomic E-state index is 13.3. The van der Waals surface area contributed by atoms with Crippen LogP contribution in [0, 0.1) is 0 Å². The summed E-state index contributed by atoms with van der Waals surface area (Å²) in [5.41, 5.74) is 2.35. The third-order valence-corrected chi connectivity index (χ3v) is 5.65. The summed E-state index contributed by atoms with van der Waals surface area (Å²) in [6.45, 7) is 1.71. The van der Waals surface area contributed by atoms with Crippen LogP contribution < -0.4 is 9.64 Å². The summed E-state index contributed by atoms with van der Waals surface area (Å²) in [6.07, 6.45) is 3.70. The van der Waals surface area contributed by atoms with Gasteiger partial charge in [0.25, 0.3) is 5.91 Å². The molecule has 1 heterocycles. The number of amides is 1. The smallest absolute Gasteiger partial charge is 0.340 e. The highest BCUT2D eigenvalue weighted by Crippen LogP contribution is 2.38. The van der Waals surface area contributed by atoms with Crippen LogP contribution in [0.3, 0.4) is 0 Å². The first-order chi connectivity index (χ1) is 13.9. The number of esters is 1. The van der Waals surface area contributed by atoms with Crippen molar-refractivity contribution in [2.75, 3.05) is 25.4 Å². The van der Waals surface area contributed by atoms with Crippen LogP contribution in [-0.4, -0.2) is 32.4 Å². The summed E-state index contributed by atoms with van der Waals surface area (Å²) in [5, 5.41) is 0.371. The Hall–Kier alpha value is -2.70. The second-order valence-electron chi connectivity index (χ2n) is 6.24. The predicted octanol–water partition coefficient (Wildman–Crippen LogP) is 4.95. The monoisotopic (exact) mass is 429 g/mol. The van der Waals surface area contributed by atoms with E-state index in [0.29, 0.717) is 22.2 Å². The van der Waals surface area contributed by atoms with Gasteiger partial charge in [0.05, 0.1) is 36.1 Å². The molecule has 29 heavy (non-hydrogen) atoms. The molecule has 0 atom stereocenters. The molecule has 0 aliphatic carbocycles. The SMILES string of the molecule is COC(=O)C1=C(C)N(c2ccc(OC)c(Cl)c2)C(=O)C1=Cc1ccc(SC)cc1. The molecule has 5 nitrogen and oxygen atoms in total. The van der Waals surface area contributed by atoms with Gasteiger partial charge in [0, 0.05) is 10.6 Å². The molecule has 2 aromatic carbocycles. The maximum Gasteiger partial charge on any atom is 0.340 e. The molecule has 0 fully saturated rings. The van der Waals surface area contributed by atoms with Crippen LogP contribution in [0.5, 0.6) is 5.75 Å². The zero-order valence-electron chi connectivity index (χ0n) is 16.5. The highest BCUT2D eigenvalue weighted by molar-refractivity contribution is 7.98. The zero-order chi connectivity index (χ0) is 21.1. The predicted molar refractivity (Wildman–Crippen MR) is 116 cm³/mol. The van der Waals surface area contributed by atoms with E-state index in [2.05, 4.69) is 0 Å². The van der Waals surface area contributed by atoms with Gasteiger partial charge in [-0.15, -0.1) is 11.8 Å². The summed E-state index contributed by atoms with van der Waals surface area (Å²) < 4.78 is 10.1. The van der Waals surface area contributed by atoms with E-state index in [-0.39, 0.29) is 17.1 Å². The van der Waals surface area contributed by atoms with E-state index in [9.17, 15) is 9.59 Å². The summed E-state index contributed by atoms with van der Waals surface area (Å²) in [5.74, 6) is -0.385. The van der Waals surface area contributed by atoms with Crippen LogP contribution in [0.2, 0.25) is 5.02 Å². The fourth-order valence-electron chi connectivity index (χ4n) is 3.15. The molecule has 0 unspecified atom stereocenters. The number of benzene rings is 2. The van der Waals surface area contributed by atoms with E-state index >= 15 is 0 Å². The van der Waals surface area contributed by atoms with Crippen LogP contribution in [0.25, 0.3) is 6.08 Å². The van der Waals surface area contributed by atoms with Crippen LogP contribution >= 0.6 is 23.4 Å². The maximum absolute atomic E-state index is 13.3. The number of ether oxygens (including phenoxy) is 2. The van der Waals surface area contributed by atoms with Gasteiger partial charge in [-0.2, -0.15) is 0 Å². The Morgan fingerprint density at radius 2 is 1.83 bits per heavy atom. The number of nitrogens with zero attached hydrogens (tertiary/aromatic N) is 1. The number of halogens is 1. The van der Waals surface area contributed by atoms with E-state index in [0.717, 1.165) is 10.5 Å². The molecular formula is C22H20ClNO4S. The molecule has 2 aromatic rings. The quantitative estimate of drug-likeness (QED) is 0.382. The van der Waals surface area contributed by atoms with Crippen molar-refractivity contribution in [1.82, 2.24) is 0 Å². The third kappa shape index (κ3) is 4.04. The molecule has 1 aliphatic heterocycles. The third-order valence-electron chi connectivity index (χ3n) is 4.61. The summed E-state index contributed by atoms with van der Waals surface area (Å²) in [7, 11) is 2.82. The number of carbonyl (C=O) groups is 2. The van der Waals surface area contributed by atoms with Gasteiger partial charge >= 0.3 is 5.97 Å². The summed E-state index contributed by atoms with van der Waals surface area (Å²) in [6, 6.07) is 12.8. The average molecular weight is 430 g/mol. The molecule has 7 heteroatoms. The number of hydrogen-bond donors (Lipinski definition) is 0. The Morgan fingerprint density at radius 3 is 2.38 bits per heavy atom. The van der Waals surface area contributed by atoms with Gasteiger partial charge in [-0.25, -0.2) is 4.79 Å². The molecule has 0 spiro atoms. The van der Waals surface area contributed by atoms with Gasteiger partial charge in [-0.1, -0.05) is 23.7 Å². The van der Waals surface area contributed by atoms with Gasteiger partial charge in [0.2, 0.25) is 0 Å². The van der Waals surface area contributed by atoms with Crippen molar-refractivity contribution < 1.29 is 19.1 Å². The number of carbonyl (C=O) groups excluding carboxylic acids is 2. The van der Waals surface area contributed by atoms with E-state index < -0.39 is 5.97 Å². The van der Waals surface area contributed by atoms with E-state index in [1.54, 1.807) is 43.0 Å². The second-order valence-corrected chi connectivity index (χ2v) is 7.53. The minimum Gasteiger partial charge on any atom is -0.495 e. The molecule has 1 aliphatic rings. The molecule has 1 amide bonds. The van der Waals surface area contributed by atoms with Crippen molar-refractivity contribution in [3.63, 3.8) is 0 Å². The molecular weight excluding hydrogens is 410 g/mol. The molecule has 0 radical (unpaired) electrons. The number of methoxy groups -OCH3 is 2. The fraction of sp³-hybridized carbons (Fsp3) is 0.182. The van der Waals surface area contributed by atoms with Crippen molar-refractivity contribution in [3.8, 4) is 5.75 Å². The number of rotatable bonds is 5. The summed E-state index contributed by atoms with van der Waals surface area (Å²) in [4.78, 5) is 28.3. The van der Waals surface area contributed by atoms with Crippen LogP contribution in [0.15, 0.2) is 64.2 Å². The Labute approximate surface area is 178 Å². The molecule has 0 aromatic heterocycles. The first-order valence-electron chi connectivity index (χ1n) is 8.74. The van der Waals surface area contributed by atoms with Crippen LogP contribution in [0.1, 0.15) is 12.5 Å². The van der Waals surface area contributed by atoms with E-state index in [4.69, 9.17) is 21.1 Å². The first-order valence-corrected chi connectivity index (χ1v) is 10.3. The summed E-state index contributed by atoms with van der Waals surface area (Å²) >= 11 is 7.87. The van der Waals surface area contributed by atoms with Crippen molar-refractivity contribution in [2.45, 2.75) is 11.8 Å². The second kappa shape index (κ2) is 8.76. The van der Waals surface area contributed by atoms with Gasteiger partial charge < -0.3 is 9.47 Å². The Morgan fingerprint density at radius 1 is 1.14 bits per heavy atom.